The van der Waals surface area contributed by atoms with Crippen molar-refractivity contribution < 1.29 is 4.39 Å². The summed E-state index contributed by atoms with van der Waals surface area (Å²) in [5.41, 5.74) is 1.38. The fourth-order valence-electron chi connectivity index (χ4n) is 1.97. The number of nitrogens with one attached hydrogen (secondary N) is 1. The molecule has 0 bridgehead atoms. The van der Waals surface area contributed by atoms with Crippen LogP contribution < -0.4 is 5.32 Å². The minimum Gasteiger partial charge on any atom is -0.309 e. The molecule has 1 nitrogen and oxygen atoms in total. The molecule has 2 rings (SSSR count). The monoisotopic (exact) mass is 327 g/mol. The molecule has 0 aliphatic carbocycles. The van der Waals surface area contributed by atoms with Gasteiger partial charge in [0.15, 0.2) is 0 Å². The zero-order valence-electron chi connectivity index (χ0n) is 10.6. The van der Waals surface area contributed by atoms with Gasteiger partial charge < -0.3 is 5.32 Å². The molecular weight excluding hydrogens is 313 g/mol. The minimum absolute atomic E-state index is 0.0973. The van der Waals surface area contributed by atoms with E-state index in [0.717, 1.165) is 9.35 Å². The molecule has 0 radical (unpaired) electrons. The van der Waals surface area contributed by atoms with E-state index < -0.39 is 0 Å². The second kappa shape index (κ2) is 5.51. The Morgan fingerprint density at radius 2 is 2.06 bits per heavy atom. The van der Waals surface area contributed by atoms with Crippen molar-refractivity contribution in [2.24, 2.45) is 0 Å². The highest BCUT2D eigenvalue weighted by atomic mass is 79.9. The van der Waals surface area contributed by atoms with E-state index in [0.29, 0.717) is 11.1 Å². The Labute approximate surface area is 119 Å². The van der Waals surface area contributed by atoms with E-state index in [1.807, 2.05) is 19.2 Å². The Kier molecular flexibility index (Phi) is 4.20. The van der Waals surface area contributed by atoms with E-state index in [-0.39, 0.29) is 11.9 Å². The van der Waals surface area contributed by atoms with Crippen LogP contribution in [-0.4, -0.2) is 7.05 Å². The summed E-state index contributed by atoms with van der Waals surface area (Å²) < 4.78 is 15.3. The van der Waals surface area contributed by atoms with Gasteiger partial charge in [0.25, 0.3) is 0 Å². The molecule has 0 saturated carbocycles. The van der Waals surface area contributed by atoms with Crippen molar-refractivity contribution in [2.75, 3.05) is 7.05 Å². The number of benzene rings is 1. The van der Waals surface area contributed by atoms with Crippen molar-refractivity contribution in [1.82, 2.24) is 5.32 Å². The van der Waals surface area contributed by atoms with Crippen molar-refractivity contribution in [3.63, 3.8) is 0 Å². The summed E-state index contributed by atoms with van der Waals surface area (Å²) in [6.45, 7) is 3.85. The molecule has 96 valence electrons. The summed E-state index contributed by atoms with van der Waals surface area (Å²) in [6, 6.07) is 7.49. The van der Waals surface area contributed by atoms with Crippen LogP contribution in [0, 0.1) is 19.7 Å². The molecule has 0 amide bonds. The van der Waals surface area contributed by atoms with Crippen LogP contribution in [0.25, 0.3) is 0 Å². The first-order valence-electron chi connectivity index (χ1n) is 5.72. The molecule has 4 heteroatoms. The van der Waals surface area contributed by atoms with Crippen molar-refractivity contribution in [3.05, 3.63) is 55.4 Å². The van der Waals surface area contributed by atoms with Gasteiger partial charge in [0.1, 0.15) is 5.82 Å². The Hall–Kier alpha value is -0.710. The molecule has 1 heterocycles. The van der Waals surface area contributed by atoms with Crippen molar-refractivity contribution in [3.8, 4) is 0 Å². The Balaban J connectivity index is 2.48. The van der Waals surface area contributed by atoms with Crippen LogP contribution in [0.2, 0.25) is 0 Å². The highest BCUT2D eigenvalue weighted by molar-refractivity contribution is 9.10. The minimum atomic E-state index is -0.126. The largest absolute Gasteiger partial charge is 0.309 e. The summed E-state index contributed by atoms with van der Waals surface area (Å²) in [6.07, 6.45) is 0. The number of rotatable bonds is 3. The first kappa shape index (κ1) is 13.7. The molecule has 0 fully saturated rings. The summed E-state index contributed by atoms with van der Waals surface area (Å²) >= 11 is 5.19. The average Bonchev–Trinajstić information content (AvgIpc) is 2.66. The predicted octanol–water partition coefficient (Wildman–Crippen LogP) is 4.58. The van der Waals surface area contributed by atoms with Gasteiger partial charge in [-0.3, -0.25) is 0 Å². The van der Waals surface area contributed by atoms with Gasteiger partial charge in [-0.05, 0) is 48.5 Å². The Bertz CT molecular complexity index is 545. The van der Waals surface area contributed by atoms with E-state index in [4.69, 9.17) is 0 Å². The van der Waals surface area contributed by atoms with Crippen LogP contribution >= 0.6 is 27.3 Å². The van der Waals surface area contributed by atoms with Crippen molar-refractivity contribution in [1.29, 1.82) is 0 Å². The molecule has 1 unspecified atom stereocenters. The second-order valence-electron chi connectivity index (χ2n) is 4.25. The lowest BCUT2D eigenvalue weighted by Crippen LogP contribution is -2.18. The highest BCUT2D eigenvalue weighted by Gasteiger charge is 2.19. The molecule has 0 spiro atoms. The standard InChI is InChI=1S/C14H15BrFNS/c1-8-5-4-6-10(13(8)16)14(17-3)12-7-11(15)9(2)18-12/h4-7,14,17H,1-3H3. The third-order valence-electron chi connectivity index (χ3n) is 2.98. The first-order chi connectivity index (χ1) is 8.54. The van der Waals surface area contributed by atoms with E-state index in [2.05, 4.69) is 34.2 Å². The van der Waals surface area contributed by atoms with Crippen LogP contribution in [0.1, 0.15) is 26.9 Å². The summed E-state index contributed by atoms with van der Waals surface area (Å²) in [7, 11) is 1.86. The topological polar surface area (TPSA) is 12.0 Å². The van der Waals surface area contributed by atoms with E-state index in [1.54, 1.807) is 24.3 Å². The maximum atomic E-state index is 14.2. The van der Waals surface area contributed by atoms with Gasteiger partial charge in [-0.15, -0.1) is 11.3 Å². The van der Waals surface area contributed by atoms with Crippen LogP contribution in [-0.2, 0) is 0 Å². The molecule has 1 atom stereocenters. The third kappa shape index (κ3) is 2.51. The number of thiophene rings is 1. The van der Waals surface area contributed by atoms with E-state index >= 15 is 0 Å². The molecule has 1 aromatic carbocycles. The number of hydrogen-bond acceptors (Lipinski definition) is 2. The lowest BCUT2D eigenvalue weighted by atomic mass is 10.0. The van der Waals surface area contributed by atoms with Gasteiger partial charge in [0.2, 0.25) is 0 Å². The lowest BCUT2D eigenvalue weighted by Gasteiger charge is -2.16. The zero-order chi connectivity index (χ0) is 13.3. The number of hydrogen-bond donors (Lipinski definition) is 1. The smallest absolute Gasteiger partial charge is 0.131 e. The fourth-order valence-corrected chi connectivity index (χ4v) is 3.66. The van der Waals surface area contributed by atoms with E-state index in [1.165, 1.54) is 4.88 Å². The summed E-state index contributed by atoms with van der Waals surface area (Å²) in [5.74, 6) is -0.126. The van der Waals surface area contributed by atoms with Gasteiger partial charge in [-0.25, -0.2) is 4.39 Å². The zero-order valence-corrected chi connectivity index (χ0v) is 13.0. The molecule has 18 heavy (non-hydrogen) atoms. The molecule has 2 aromatic rings. The lowest BCUT2D eigenvalue weighted by molar-refractivity contribution is 0.572. The maximum Gasteiger partial charge on any atom is 0.131 e. The molecule has 1 aromatic heterocycles. The van der Waals surface area contributed by atoms with Crippen LogP contribution in [0.3, 0.4) is 0 Å². The number of halogens is 2. The quantitative estimate of drug-likeness (QED) is 0.870. The highest BCUT2D eigenvalue weighted by Crippen LogP contribution is 2.34. The second-order valence-corrected chi connectivity index (χ2v) is 6.39. The van der Waals surface area contributed by atoms with Crippen molar-refractivity contribution in [2.45, 2.75) is 19.9 Å². The normalized spacial score (nSPS) is 12.7. The predicted molar refractivity (Wildman–Crippen MR) is 78.8 cm³/mol. The van der Waals surface area contributed by atoms with Gasteiger partial charge >= 0.3 is 0 Å². The average molecular weight is 328 g/mol. The van der Waals surface area contributed by atoms with E-state index in [9.17, 15) is 4.39 Å². The SMILES string of the molecule is CNC(c1cc(Br)c(C)s1)c1cccc(C)c1F. The molecule has 0 aliphatic rings. The third-order valence-corrected chi connectivity index (χ3v) is 5.18. The van der Waals surface area contributed by atoms with Crippen LogP contribution in [0.4, 0.5) is 4.39 Å². The van der Waals surface area contributed by atoms with Gasteiger partial charge in [0.05, 0.1) is 6.04 Å². The fraction of sp³-hybridized carbons (Fsp3) is 0.286. The van der Waals surface area contributed by atoms with Crippen LogP contribution in [0.15, 0.2) is 28.7 Å². The molecular formula is C14H15BrFNS. The Morgan fingerprint density at radius 3 is 2.61 bits per heavy atom. The van der Waals surface area contributed by atoms with Crippen LogP contribution in [0.5, 0.6) is 0 Å². The van der Waals surface area contributed by atoms with Gasteiger partial charge in [-0.1, -0.05) is 18.2 Å². The summed E-state index contributed by atoms with van der Waals surface area (Å²) in [5, 5.41) is 3.19. The molecule has 1 N–H and O–H groups in total. The first-order valence-corrected chi connectivity index (χ1v) is 7.33. The maximum absolute atomic E-state index is 14.2. The van der Waals surface area contributed by atoms with Gasteiger partial charge in [-0.2, -0.15) is 0 Å². The summed E-state index contributed by atoms with van der Waals surface area (Å²) in [4.78, 5) is 2.32. The molecule has 0 saturated heterocycles. The van der Waals surface area contributed by atoms with Gasteiger partial charge in [0, 0.05) is 19.8 Å². The number of aryl methyl sites for hydroxylation is 2. The van der Waals surface area contributed by atoms with Crippen molar-refractivity contribution >= 4 is 27.3 Å². The molecule has 0 aliphatic heterocycles. The Morgan fingerprint density at radius 1 is 1.33 bits per heavy atom.